The Bertz CT molecular complexity index is 1010. The maximum atomic E-state index is 12.9. The molecule has 0 atom stereocenters. The van der Waals surface area contributed by atoms with Crippen LogP contribution in [0.3, 0.4) is 0 Å². The molecule has 0 unspecified atom stereocenters. The van der Waals surface area contributed by atoms with Gasteiger partial charge in [0, 0.05) is 17.1 Å². The smallest absolute Gasteiger partial charge is 0.258 e. The highest BCUT2D eigenvalue weighted by molar-refractivity contribution is 6.31. The van der Waals surface area contributed by atoms with Crippen molar-refractivity contribution in [2.75, 3.05) is 6.54 Å². The van der Waals surface area contributed by atoms with Crippen LogP contribution >= 0.6 is 11.6 Å². The third kappa shape index (κ3) is 3.94. The average molecular weight is 370 g/mol. The summed E-state index contributed by atoms with van der Waals surface area (Å²) in [7, 11) is 0. The molecule has 0 aliphatic heterocycles. The van der Waals surface area contributed by atoms with Crippen LogP contribution in [0.1, 0.15) is 35.1 Å². The lowest BCUT2D eigenvalue weighted by atomic mass is 10.1. The lowest BCUT2D eigenvalue weighted by molar-refractivity contribution is 0.0739. The van der Waals surface area contributed by atoms with Gasteiger partial charge in [0.25, 0.3) is 11.5 Å². The number of halogens is 1. The molecule has 26 heavy (non-hydrogen) atoms. The number of aromatic nitrogens is 2. The standard InChI is InChI=1S/C20H20ClN3O2/c1-3-9-24(20(26)14-6-4-5-13(2)10-14)12-18-22-17-11-15(21)7-8-16(17)19(25)23-18/h4-8,10-11H,3,9,12H2,1-2H3,(H,22,23,25). The Morgan fingerprint density at radius 1 is 1.23 bits per heavy atom. The average Bonchev–Trinajstić information content (AvgIpc) is 2.60. The molecule has 134 valence electrons. The van der Waals surface area contributed by atoms with Gasteiger partial charge in [-0.05, 0) is 43.7 Å². The number of nitrogens with one attached hydrogen (secondary N) is 1. The van der Waals surface area contributed by atoms with Crippen molar-refractivity contribution in [2.24, 2.45) is 0 Å². The predicted molar refractivity (Wildman–Crippen MR) is 104 cm³/mol. The van der Waals surface area contributed by atoms with E-state index >= 15 is 0 Å². The summed E-state index contributed by atoms with van der Waals surface area (Å²) in [5.41, 5.74) is 1.95. The van der Waals surface area contributed by atoms with E-state index in [1.807, 2.05) is 32.0 Å². The first kappa shape index (κ1) is 18.1. The van der Waals surface area contributed by atoms with E-state index in [-0.39, 0.29) is 18.0 Å². The predicted octanol–water partition coefficient (Wildman–Crippen LogP) is 3.94. The highest BCUT2D eigenvalue weighted by Crippen LogP contribution is 2.16. The second-order valence-electron chi connectivity index (χ2n) is 6.27. The molecule has 0 radical (unpaired) electrons. The van der Waals surface area contributed by atoms with E-state index in [4.69, 9.17) is 11.6 Å². The van der Waals surface area contributed by atoms with Gasteiger partial charge in [-0.25, -0.2) is 4.98 Å². The van der Waals surface area contributed by atoms with Gasteiger partial charge in [-0.2, -0.15) is 0 Å². The van der Waals surface area contributed by atoms with Crippen molar-refractivity contribution in [1.82, 2.24) is 14.9 Å². The SMILES string of the molecule is CCCN(Cc1nc2cc(Cl)ccc2c(=O)[nH]1)C(=O)c1cccc(C)c1. The molecule has 1 amide bonds. The van der Waals surface area contributed by atoms with Crippen LogP contribution in [0.15, 0.2) is 47.3 Å². The Balaban J connectivity index is 1.94. The van der Waals surface area contributed by atoms with Crippen molar-refractivity contribution in [3.8, 4) is 0 Å². The summed E-state index contributed by atoms with van der Waals surface area (Å²) in [4.78, 5) is 34.1. The molecule has 0 aliphatic rings. The van der Waals surface area contributed by atoms with Crippen LogP contribution < -0.4 is 5.56 Å². The number of nitrogens with zero attached hydrogens (tertiary/aromatic N) is 2. The maximum Gasteiger partial charge on any atom is 0.258 e. The van der Waals surface area contributed by atoms with Crippen molar-refractivity contribution in [3.05, 3.63) is 74.8 Å². The van der Waals surface area contributed by atoms with Gasteiger partial charge in [-0.3, -0.25) is 9.59 Å². The number of hydrogen-bond donors (Lipinski definition) is 1. The second-order valence-corrected chi connectivity index (χ2v) is 6.71. The number of carbonyl (C=O) groups excluding carboxylic acids is 1. The Morgan fingerprint density at radius 2 is 2.04 bits per heavy atom. The summed E-state index contributed by atoms with van der Waals surface area (Å²) in [5, 5.41) is 0.994. The van der Waals surface area contributed by atoms with E-state index in [9.17, 15) is 9.59 Å². The van der Waals surface area contributed by atoms with Gasteiger partial charge >= 0.3 is 0 Å². The van der Waals surface area contributed by atoms with Gasteiger partial charge < -0.3 is 9.88 Å². The zero-order valence-electron chi connectivity index (χ0n) is 14.8. The molecule has 3 aromatic rings. The highest BCUT2D eigenvalue weighted by atomic mass is 35.5. The molecule has 0 aliphatic carbocycles. The topological polar surface area (TPSA) is 66.1 Å². The van der Waals surface area contributed by atoms with Crippen LogP contribution in [0, 0.1) is 6.92 Å². The summed E-state index contributed by atoms with van der Waals surface area (Å²) in [5.74, 6) is 0.364. The molecule has 3 rings (SSSR count). The largest absolute Gasteiger partial charge is 0.331 e. The van der Waals surface area contributed by atoms with E-state index in [0.717, 1.165) is 12.0 Å². The number of H-pyrrole nitrogens is 1. The van der Waals surface area contributed by atoms with Crippen LogP contribution in [-0.2, 0) is 6.54 Å². The third-order valence-electron chi connectivity index (χ3n) is 4.10. The zero-order chi connectivity index (χ0) is 18.7. The van der Waals surface area contributed by atoms with Gasteiger partial charge in [0.1, 0.15) is 5.82 Å². The van der Waals surface area contributed by atoms with Crippen molar-refractivity contribution in [1.29, 1.82) is 0 Å². The molecular weight excluding hydrogens is 350 g/mol. The fourth-order valence-corrected chi connectivity index (χ4v) is 3.07. The van der Waals surface area contributed by atoms with Crippen molar-refractivity contribution < 1.29 is 4.79 Å². The highest BCUT2D eigenvalue weighted by Gasteiger charge is 2.17. The minimum atomic E-state index is -0.235. The number of amides is 1. The number of aryl methyl sites for hydroxylation is 1. The first-order valence-corrected chi connectivity index (χ1v) is 8.90. The summed E-state index contributed by atoms with van der Waals surface area (Å²) >= 11 is 6.01. The summed E-state index contributed by atoms with van der Waals surface area (Å²) in [6.07, 6.45) is 0.807. The first-order chi connectivity index (χ1) is 12.5. The van der Waals surface area contributed by atoms with Crippen LogP contribution in [-0.4, -0.2) is 27.3 Å². The van der Waals surface area contributed by atoms with E-state index in [1.165, 1.54) is 0 Å². The Morgan fingerprint density at radius 3 is 2.77 bits per heavy atom. The van der Waals surface area contributed by atoms with Crippen LogP contribution in [0.2, 0.25) is 5.02 Å². The molecule has 2 aromatic carbocycles. The Labute approximate surface area is 156 Å². The van der Waals surface area contributed by atoms with Gasteiger partial charge in [-0.15, -0.1) is 0 Å². The van der Waals surface area contributed by atoms with Crippen LogP contribution in [0.25, 0.3) is 10.9 Å². The summed E-state index contributed by atoms with van der Waals surface area (Å²) < 4.78 is 0. The van der Waals surface area contributed by atoms with Crippen molar-refractivity contribution in [2.45, 2.75) is 26.8 Å². The molecular formula is C20H20ClN3O2. The third-order valence-corrected chi connectivity index (χ3v) is 4.34. The monoisotopic (exact) mass is 369 g/mol. The summed E-state index contributed by atoms with van der Waals surface area (Å²) in [6, 6.07) is 12.4. The van der Waals surface area contributed by atoms with Crippen molar-refractivity contribution in [3.63, 3.8) is 0 Å². The van der Waals surface area contributed by atoms with Gasteiger partial charge in [0.2, 0.25) is 0 Å². The first-order valence-electron chi connectivity index (χ1n) is 8.52. The van der Waals surface area contributed by atoms with Gasteiger partial charge in [-0.1, -0.05) is 36.2 Å². The maximum absolute atomic E-state index is 12.9. The fraction of sp³-hybridized carbons (Fsp3) is 0.250. The molecule has 0 saturated carbocycles. The van der Waals surface area contributed by atoms with E-state index in [2.05, 4.69) is 9.97 Å². The molecule has 0 bridgehead atoms. The number of rotatable bonds is 5. The molecule has 5 nitrogen and oxygen atoms in total. The number of carbonyl (C=O) groups is 1. The molecule has 1 N–H and O–H groups in total. The van der Waals surface area contributed by atoms with E-state index in [0.29, 0.717) is 33.9 Å². The molecule has 6 heteroatoms. The molecule has 1 aromatic heterocycles. The molecule has 1 heterocycles. The summed E-state index contributed by atoms with van der Waals surface area (Å²) in [6.45, 7) is 4.77. The Kier molecular flexibility index (Phi) is 5.38. The lowest BCUT2D eigenvalue weighted by Gasteiger charge is -2.22. The minimum Gasteiger partial charge on any atom is -0.331 e. The number of hydrogen-bond acceptors (Lipinski definition) is 3. The number of fused-ring (bicyclic) bond motifs is 1. The second kappa shape index (κ2) is 7.70. The van der Waals surface area contributed by atoms with Crippen LogP contribution in [0.5, 0.6) is 0 Å². The fourth-order valence-electron chi connectivity index (χ4n) is 2.90. The molecule has 0 spiro atoms. The van der Waals surface area contributed by atoms with E-state index < -0.39 is 0 Å². The quantitative estimate of drug-likeness (QED) is 0.740. The number of benzene rings is 2. The van der Waals surface area contributed by atoms with Crippen molar-refractivity contribution >= 4 is 28.4 Å². The molecule has 0 fully saturated rings. The van der Waals surface area contributed by atoms with Gasteiger partial charge in [0.15, 0.2) is 0 Å². The van der Waals surface area contributed by atoms with Crippen LogP contribution in [0.4, 0.5) is 0 Å². The molecule has 0 saturated heterocycles. The zero-order valence-corrected chi connectivity index (χ0v) is 15.5. The normalized spacial score (nSPS) is 10.9. The Hall–Kier alpha value is -2.66. The van der Waals surface area contributed by atoms with E-state index in [1.54, 1.807) is 29.2 Å². The lowest BCUT2D eigenvalue weighted by Crippen LogP contribution is -2.32. The number of aromatic amines is 1. The minimum absolute atomic E-state index is 0.0793. The van der Waals surface area contributed by atoms with Gasteiger partial charge in [0.05, 0.1) is 17.4 Å².